The first kappa shape index (κ1) is 41.5. The van der Waals surface area contributed by atoms with E-state index in [1.807, 2.05) is 69.5 Å². The highest BCUT2D eigenvalue weighted by Gasteiger charge is 2.51. The lowest BCUT2D eigenvalue weighted by atomic mass is 9.79. The van der Waals surface area contributed by atoms with Crippen molar-refractivity contribution in [2.24, 2.45) is 0 Å². The molecule has 2 N–H and O–H groups in total. The van der Waals surface area contributed by atoms with Gasteiger partial charge in [-0.2, -0.15) is 13.2 Å². The van der Waals surface area contributed by atoms with Gasteiger partial charge in [0.25, 0.3) is 5.56 Å². The van der Waals surface area contributed by atoms with Gasteiger partial charge in [0.1, 0.15) is 35.5 Å². The number of nitrogens with one attached hydrogen (secondary N) is 2. The van der Waals surface area contributed by atoms with E-state index in [-0.39, 0.29) is 17.0 Å². The zero-order valence-corrected chi connectivity index (χ0v) is 33.2. The van der Waals surface area contributed by atoms with Gasteiger partial charge >= 0.3 is 17.8 Å². The van der Waals surface area contributed by atoms with Crippen LogP contribution in [0.2, 0.25) is 18.1 Å². The van der Waals surface area contributed by atoms with Gasteiger partial charge in [0.05, 0.1) is 20.3 Å². The quantitative estimate of drug-likeness (QED) is 0.115. The minimum atomic E-state index is -5.19. The molecule has 4 atom stereocenters. The lowest BCUT2D eigenvalue weighted by molar-refractivity contribution is -0.177. The number of hydrogen-bond acceptors (Lipinski definition) is 8. The van der Waals surface area contributed by atoms with Gasteiger partial charge in [0, 0.05) is 24.7 Å². The molecule has 11 nitrogen and oxygen atoms in total. The fourth-order valence-corrected chi connectivity index (χ4v) is 7.75. The first-order valence-electron chi connectivity index (χ1n) is 17.8. The number of H-pyrrole nitrogens is 1. The van der Waals surface area contributed by atoms with Crippen LogP contribution in [-0.4, -0.2) is 69.0 Å². The Morgan fingerprint density at radius 2 is 1.44 bits per heavy atom. The molecule has 296 valence electrons. The molecular formula is C40H48F3N3O8Si. The Labute approximate surface area is 318 Å². The number of halogens is 3. The van der Waals surface area contributed by atoms with Crippen LogP contribution in [0.5, 0.6) is 11.5 Å². The summed E-state index contributed by atoms with van der Waals surface area (Å²) in [7, 11) is 0.421. The van der Waals surface area contributed by atoms with Crippen LogP contribution in [0.15, 0.2) is 94.6 Å². The average molecular weight is 784 g/mol. The molecule has 0 spiro atoms. The van der Waals surface area contributed by atoms with Crippen molar-refractivity contribution in [3.05, 3.63) is 128 Å². The predicted molar refractivity (Wildman–Crippen MR) is 203 cm³/mol. The third-order valence-corrected chi connectivity index (χ3v) is 14.9. The normalized spacial score (nSPS) is 18.5. The molecule has 1 fully saturated rings. The van der Waals surface area contributed by atoms with Gasteiger partial charge in [-0.25, -0.2) is 4.79 Å². The maximum atomic E-state index is 13.8. The van der Waals surface area contributed by atoms with Gasteiger partial charge in [-0.3, -0.25) is 19.1 Å². The number of carbonyl (C=O) groups excluding carboxylic acids is 1. The van der Waals surface area contributed by atoms with E-state index < -0.39 is 68.3 Å². The molecule has 5 rings (SSSR count). The Morgan fingerprint density at radius 3 is 1.93 bits per heavy atom. The molecular weight excluding hydrogens is 736 g/mol. The standard InChI is InChI=1S/C40H48F3N3O8Si/c1-25-24-46(37(49)45-35(25)47)33-22-31(54-55(7,8)38(2,3)4)34(52-33)32(23-44-36(48)40(41,42)43)53-39(26-12-10-9-11-13-26,27-14-18-29(50-5)19-15-27)28-16-20-30(51-6)21-17-28/h9-21,24,31-34H,22-23H2,1-8H3,(H,44,48)(H,45,47,49)/t31-,32-,33+,34-/m0/s1. The first-order chi connectivity index (χ1) is 25.8. The molecule has 2 heterocycles. The highest BCUT2D eigenvalue weighted by molar-refractivity contribution is 6.74. The number of hydrogen-bond donors (Lipinski definition) is 2. The van der Waals surface area contributed by atoms with Gasteiger partial charge in [-0.05, 0) is 66.0 Å². The number of methoxy groups -OCH3 is 2. The Bertz CT molecular complexity index is 2000. The van der Waals surface area contributed by atoms with E-state index in [0.29, 0.717) is 28.2 Å². The van der Waals surface area contributed by atoms with E-state index in [1.165, 1.54) is 25.0 Å². The molecule has 1 aliphatic rings. The summed E-state index contributed by atoms with van der Waals surface area (Å²) in [6.07, 6.45) is -8.06. The van der Waals surface area contributed by atoms with Gasteiger partial charge in [-0.1, -0.05) is 75.4 Å². The SMILES string of the molecule is COc1ccc(C(O[C@@H](CNC(=O)C(F)(F)F)[C@H]2O[C@@H](n3cc(C)c(=O)[nH]c3=O)C[C@@H]2O[Si](C)(C)C(C)(C)C)(c2ccccc2)c2ccc(OC)cc2)cc1. The van der Waals surface area contributed by atoms with Gasteiger partial charge in [0.2, 0.25) is 0 Å². The van der Waals surface area contributed by atoms with E-state index in [2.05, 4.69) is 4.98 Å². The number of aryl methyl sites for hydroxylation is 1. The number of carbonyl (C=O) groups is 1. The molecule has 15 heteroatoms. The molecule has 0 saturated carbocycles. The van der Waals surface area contributed by atoms with Crippen molar-refractivity contribution in [1.29, 1.82) is 0 Å². The van der Waals surface area contributed by atoms with E-state index >= 15 is 0 Å². The number of amides is 1. The van der Waals surface area contributed by atoms with Crippen molar-refractivity contribution in [1.82, 2.24) is 14.9 Å². The van der Waals surface area contributed by atoms with E-state index in [4.69, 9.17) is 23.4 Å². The number of ether oxygens (including phenoxy) is 4. The highest BCUT2D eigenvalue weighted by atomic mass is 28.4. The van der Waals surface area contributed by atoms with Crippen molar-refractivity contribution in [2.45, 2.75) is 88.6 Å². The summed E-state index contributed by atoms with van der Waals surface area (Å²) < 4.78 is 74.4. The molecule has 1 aromatic heterocycles. The first-order valence-corrected chi connectivity index (χ1v) is 20.7. The molecule has 0 bridgehead atoms. The van der Waals surface area contributed by atoms with Crippen molar-refractivity contribution in [2.75, 3.05) is 20.8 Å². The van der Waals surface area contributed by atoms with Crippen molar-refractivity contribution in [3.8, 4) is 11.5 Å². The summed E-state index contributed by atoms with van der Waals surface area (Å²) in [5.41, 5.74) is -0.802. The van der Waals surface area contributed by atoms with E-state index in [0.717, 1.165) is 0 Å². The van der Waals surface area contributed by atoms with Crippen LogP contribution < -0.4 is 26.0 Å². The zero-order chi connectivity index (χ0) is 40.3. The monoisotopic (exact) mass is 783 g/mol. The minimum absolute atomic E-state index is 0.0824. The Kier molecular flexibility index (Phi) is 12.2. The summed E-state index contributed by atoms with van der Waals surface area (Å²) in [4.78, 5) is 40.3. The van der Waals surface area contributed by atoms with Gasteiger partial charge in [0.15, 0.2) is 8.32 Å². The topological polar surface area (TPSA) is 130 Å². The van der Waals surface area contributed by atoms with E-state index in [9.17, 15) is 27.6 Å². The van der Waals surface area contributed by atoms with Crippen LogP contribution in [0.3, 0.4) is 0 Å². The molecule has 0 unspecified atom stereocenters. The van der Waals surface area contributed by atoms with Gasteiger partial charge in [-0.15, -0.1) is 0 Å². The second-order valence-corrected chi connectivity index (χ2v) is 19.8. The number of benzene rings is 3. The lowest BCUT2D eigenvalue weighted by Gasteiger charge is -2.43. The number of alkyl halides is 3. The largest absolute Gasteiger partial charge is 0.497 e. The second kappa shape index (κ2) is 16.2. The molecule has 55 heavy (non-hydrogen) atoms. The lowest BCUT2D eigenvalue weighted by Crippen LogP contribution is -2.54. The van der Waals surface area contributed by atoms with Gasteiger partial charge < -0.3 is 28.7 Å². The van der Waals surface area contributed by atoms with Crippen LogP contribution in [0.1, 0.15) is 55.7 Å². The molecule has 1 aliphatic heterocycles. The third kappa shape index (κ3) is 8.90. The molecule has 3 aromatic carbocycles. The Hall–Kier alpha value is -4.70. The van der Waals surface area contributed by atoms with E-state index in [1.54, 1.807) is 55.5 Å². The summed E-state index contributed by atoms with van der Waals surface area (Å²) in [5, 5.41) is 1.74. The van der Waals surface area contributed by atoms with Crippen LogP contribution >= 0.6 is 0 Å². The summed E-state index contributed by atoms with van der Waals surface area (Å²) >= 11 is 0. The minimum Gasteiger partial charge on any atom is -0.497 e. The molecule has 0 aliphatic carbocycles. The van der Waals surface area contributed by atoms with Crippen molar-refractivity contribution < 1.29 is 41.3 Å². The average Bonchev–Trinajstić information content (AvgIpc) is 3.55. The summed E-state index contributed by atoms with van der Waals surface area (Å²) in [6, 6.07) is 23.3. The number of nitrogens with zero attached hydrogens (tertiary/aromatic N) is 1. The number of aromatic nitrogens is 2. The van der Waals surface area contributed by atoms with Crippen LogP contribution in [0.4, 0.5) is 13.2 Å². The summed E-state index contributed by atoms with van der Waals surface area (Å²) in [5.74, 6) is -1.05. The molecule has 1 saturated heterocycles. The fourth-order valence-electron chi connectivity index (χ4n) is 6.41. The smallest absolute Gasteiger partial charge is 0.471 e. The molecule has 1 amide bonds. The number of rotatable bonds is 13. The second-order valence-electron chi connectivity index (χ2n) is 15.1. The van der Waals surface area contributed by atoms with Crippen molar-refractivity contribution in [3.63, 3.8) is 0 Å². The fraction of sp³-hybridized carbons (Fsp3) is 0.425. The molecule has 0 radical (unpaired) electrons. The summed E-state index contributed by atoms with van der Waals surface area (Å²) in [6.45, 7) is 11.1. The maximum Gasteiger partial charge on any atom is 0.471 e. The highest BCUT2D eigenvalue weighted by Crippen LogP contribution is 2.46. The Morgan fingerprint density at radius 1 is 0.909 bits per heavy atom. The van der Waals surface area contributed by atoms with Crippen LogP contribution in [0, 0.1) is 6.92 Å². The predicted octanol–water partition coefficient (Wildman–Crippen LogP) is 6.60. The Balaban J connectivity index is 1.75. The number of aromatic amines is 1. The zero-order valence-electron chi connectivity index (χ0n) is 32.2. The maximum absolute atomic E-state index is 13.8. The third-order valence-electron chi connectivity index (χ3n) is 10.4. The van der Waals surface area contributed by atoms with Crippen molar-refractivity contribution >= 4 is 14.2 Å². The van der Waals surface area contributed by atoms with Crippen LogP contribution in [0.25, 0.3) is 0 Å². The van der Waals surface area contributed by atoms with Crippen LogP contribution in [-0.2, 0) is 24.3 Å². The molecule has 4 aromatic rings.